The van der Waals surface area contributed by atoms with E-state index in [0.717, 1.165) is 31.4 Å². The number of pyridine rings is 1. The Hall–Kier alpha value is -1.91. The fraction of sp³-hybridized carbons (Fsp3) is 0.533. The summed E-state index contributed by atoms with van der Waals surface area (Å²) in [4.78, 5) is 27.1. The van der Waals surface area contributed by atoms with Crippen LogP contribution >= 0.6 is 0 Å². The molecule has 20 heavy (non-hydrogen) atoms. The number of hydrogen-bond acceptors (Lipinski definition) is 3. The molecule has 2 unspecified atom stereocenters. The Kier molecular flexibility index (Phi) is 5.09. The maximum absolute atomic E-state index is 11.8. The van der Waals surface area contributed by atoms with Crippen molar-refractivity contribution in [1.82, 2.24) is 10.3 Å². The normalized spacial score (nSPS) is 22.2. The topological polar surface area (TPSA) is 79.3 Å². The lowest BCUT2D eigenvalue weighted by molar-refractivity contribution is -0.145. The molecule has 2 N–H and O–H groups in total. The molecule has 0 bridgehead atoms. The van der Waals surface area contributed by atoms with E-state index in [-0.39, 0.29) is 24.2 Å². The minimum atomic E-state index is -0.742. The van der Waals surface area contributed by atoms with Crippen LogP contribution in [0.5, 0.6) is 0 Å². The van der Waals surface area contributed by atoms with Gasteiger partial charge in [0.25, 0.3) is 0 Å². The number of aromatic nitrogens is 1. The molecule has 2 rings (SSSR count). The first kappa shape index (κ1) is 14.5. The maximum Gasteiger partial charge on any atom is 0.306 e. The highest BCUT2D eigenvalue weighted by atomic mass is 16.4. The first-order valence-electron chi connectivity index (χ1n) is 7.06. The predicted octanol–water partition coefficient (Wildman–Crippen LogP) is 1.63. The van der Waals surface area contributed by atoms with E-state index in [4.69, 9.17) is 0 Å². The highest BCUT2D eigenvalue weighted by molar-refractivity contribution is 5.78. The monoisotopic (exact) mass is 276 g/mol. The van der Waals surface area contributed by atoms with Crippen molar-refractivity contribution in [2.75, 3.05) is 6.54 Å². The van der Waals surface area contributed by atoms with Crippen LogP contribution in [0.15, 0.2) is 24.4 Å². The fourth-order valence-corrected chi connectivity index (χ4v) is 2.75. The molecular formula is C15H20N2O3. The van der Waals surface area contributed by atoms with E-state index in [9.17, 15) is 14.7 Å². The quantitative estimate of drug-likeness (QED) is 0.856. The average Bonchev–Trinajstić information content (AvgIpc) is 2.46. The minimum Gasteiger partial charge on any atom is -0.481 e. The van der Waals surface area contributed by atoms with Gasteiger partial charge in [0, 0.05) is 18.4 Å². The molecule has 1 heterocycles. The van der Waals surface area contributed by atoms with Gasteiger partial charge in [-0.05, 0) is 30.9 Å². The second-order valence-corrected chi connectivity index (χ2v) is 5.29. The molecule has 1 amide bonds. The van der Waals surface area contributed by atoms with E-state index in [0.29, 0.717) is 6.54 Å². The molecule has 1 saturated carbocycles. The molecule has 1 aromatic heterocycles. The third kappa shape index (κ3) is 4.05. The molecule has 1 aromatic rings. The Balaban J connectivity index is 1.81. The molecule has 108 valence electrons. The summed E-state index contributed by atoms with van der Waals surface area (Å²) >= 11 is 0. The zero-order chi connectivity index (χ0) is 14.4. The van der Waals surface area contributed by atoms with Crippen LogP contribution in [0.25, 0.3) is 0 Å². The van der Waals surface area contributed by atoms with E-state index >= 15 is 0 Å². The molecule has 5 heteroatoms. The van der Waals surface area contributed by atoms with Crippen molar-refractivity contribution in [1.29, 1.82) is 0 Å². The summed E-state index contributed by atoms with van der Waals surface area (Å²) < 4.78 is 0. The molecule has 5 nitrogen and oxygen atoms in total. The van der Waals surface area contributed by atoms with Crippen molar-refractivity contribution >= 4 is 11.9 Å². The van der Waals surface area contributed by atoms with Gasteiger partial charge in [-0.15, -0.1) is 0 Å². The Bertz CT molecular complexity index is 461. The van der Waals surface area contributed by atoms with Gasteiger partial charge in [-0.3, -0.25) is 14.6 Å². The van der Waals surface area contributed by atoms with Gasteiger partial charge in [0.2, 0.25) is 5.91 Å². The average molecular weight is 276 g/mol. The van der Waals surface area contributed by atoms with Crippen molar-refractivity contribution in [3.8, 4) is 0 Å². The van der Waals surface area contributed by atoms with Gasteiger partial charge in [0.05, 0.1) is 12.3 Å². The molecule has 0 spiro atoms. The van der Waals surface area contributed by atoms with Gasteiger partial charge in [0.1, 0.15) is 0 Å². The minimum absolute atomic E-state index is 0.0499. The smallest absolute Gasteiger partial charge is 0.306 e. The summed E-state index contributed by atoms with van der Waals surface area (Å²) in [5, 5.41) is 12.0. The van der Waals surface area contributed by atoms with Gasteiger partial charge in [-0.25, -0.2) is 0 Å². The zero-order valence-corrected chi connectivity index (χ0v) is 11.4. The van der Waals surface area contributed by atoms with Crippen molar-refractivity contribution in [3.05, 3.63) is 30.1 Å². The standard InChI is InChI=1S/C15H20N2O3/c18-14(9-12-6-3-4-8-16-12)17-10-11-5-1-2-7-13(11)15(19)20/h3-4,6,8,11,13H,1-2,5,7,9-10H2,(H,17,18)(H,19,20). The second kappa shape index (κ2) is 7.03. The lowest BCUT2D eigenvalue weighted by Crippen LogP contribution is -2.37. The third-order valence-electron chi connectivity index (χ3n) is 3.86. The molecule has 0 saturated heterocycles. The first-order chi connectivity index (χ1) is 9.66. The molecule has 1 aliphatic rings. The number of aliphatic carboxylic acids is 1. The number of carbonyl (C=O) groups is 2. The lowest BCUT2D eigenvalue weighted by Gasteiger charge is -2.28. The molecular weight excluding hydrogens is 256 g/mol. The molecule has 2 atom stereocenters. The SMILES string of the molecule is O=C(Cc1ccccn1)NCC1CCCCC1C(=O)O. The number of carboxylic acids is 1. The fourth-order valence-electron chi connectivity index (χ4n) is 2.75. The van der Waals surface area contributed by atoms with Crippen molar-refractivity contribution < 1.29 is 14.7 Å². The van der Waals surface area contributed by atoms with Crippen LogP contribution in [0, 0.1) is 11.8 Å². The number of hydrogen-bond donors (Lipinski definition) is 2. The highest BCUT2D eigenvalue weighted by Crippen LogP contribution is 2.29. The van der Waals surface area contributed by atoms with Gasteiger partial charge in [-0.2, -0.15) is 0 Å². The van der Waals surface area contributed by atoms with Gasteiger partial charge in [0.15, 0.2) is 0 Å². The molecule has 1 fully saturated rings. The van der Waals surface area contributed by atoms with Crippen LogP contribution in [0.3, 0.4) is 0 Å². The summed E-state index contributed by atoms with van der Waals surface area (Å²) in [5.74, 6) is -1.11. The number of nitrogens with zero attached hydrogens (tertiary/aromatic N) is 1. The van der Waals surface area contributed by atoms with Crippen LogP contribution in [0.4, 0.5) is 0 Å². The van der Waals surface area contributed by atoms with Crippen LogP contribution in [0.2, 0.25) is 0 Å². The lowest BCUT2D eigenvalue weighted by atomic mass is 9.79. The summed E-state index contributed by atoms with van der Waals surface area (Å²) in [7, 11) is 0. The van der Waals surface area contributed by atoms with E-state index in [1.165, 1.54) is 0 Å². The molecule has 0 radical (unpaired) electrons. The molecule has 0 aromatic carbocycles. The Labute approximate surface area is 118 Å². The Morgan fingerprint density at radius 2 is 2.10 bits per heavy atom. The van der Waals surface area contributed by atoms with E-state index in [1.54, 1.807) is 18.3 Å². The van der Waals surface area contributed by atoms with Crippen molar-refractivity contribution in [3.63, 3.8) is 0 Å². The Morgan fingerprint density at radius 3 is 2.80 bits per heavy atom. The first-order valence-corrected chi connectivity index (χ1v) is 7.06. The number of carboxylic acid groups (broad SMARTS) is 1. The maximum atomic E-state index is 11.8. The number of rotatable bonds is 5. The summed E-state index contributed by atoms with van der Waals surface area (Å²) in [6.07, 6.45) is 5.51. The van der Waals surface area contributed by atoms with E-state index in [1.807, 2.05) is 6.07 Å². The van der Waals surface area contributed by atoms with Crippen LogP contribution < -0.4 is 5.32 Å². The van der Waals surface area contributed by atoms with Gasteiger partial charge < -0.3 is 10.4 Å². The van der Waals surface area contributed by atoms with Gasteiger partial charge >= 0.3 is 5.97 Å². The van der Waals surface area contributed by atoms with Crippen LogP contribution in [0.1, 0.15) is 31.4 Å². The summed E-state index contributed by atoms with van der Waals surface area (Å²) in [5.41, 5.74) is 0.725. The van der Waals surface area contributed by atoms with E-state index < -0.39 is 5.97 Å². The zero-order valence-electron chi connectivity index (χ0n) is 11.4. The van der Waals surface area contributed by atoms with E-state index in [2.05, 4.69) is 10.3 Å². The molecule has 0 aliphatic heterocycles. The van der Waals surface area contributed by atoms with Crippen LogP contribution in [-0.4, -0.2) is 28.5 Å². The number of amides is 1. The number of nitrogens with one attached hydrogen (secondary N) is 1. The number of carbonyl (C=O) groups excluding carboxylic acids is 1. The third-order valence-corrected chi connectivity index (χ3v) is 3.86. The Morgan fingerprint density at radius 1 is 1.30 bits per heavy atom. The second-order valence-electron chi connectivity index (χ2n) is 5.29. The summed E-state index contributed by atoms with van der Waals surface area (Å²) in [6.45, 7) is 0.447. The highest BCUT2D eigenvalue weighted by Gasteiger charge is 2.30. The summed E-state index contributed by atoms with van der Waals surface area (Å²) in [6, 6.07) is 5.46. The van der Waals surface area contributed by atoms with Crippen LogP contribution in [-0.2, 0) is 16.0 Å². The molecule has 1 aliphatic carbocycles. The predicted molar refractivity (Wildman–Crippen MR) is 74.0 cm³/mol. The van der Waals surface area contributed by atoms with Gasteiger partial charge in [-0.1, -0.05) is 18.9 Å². The van der Waals surface area contributed by atoms with Crippen molar-refractivity contribution in [2.24, 2.45) is 11.8 Å². The van der Waals surface area contributed by atoms with Crippen molar-refractivity contribution in [2.45, 2.75) is 32.1 Å². The largest absolute Gasteiger partial charge is 0.481 e.